The van der Waals surface area contributed by atoms with Gasteiger partial charge in [0, 0.05) is 0 Å². The number of rotatable bonds is 8. The highest BCUT2D eigenvalue weighted by atomic mass is 16.5. The van der Waals surface area contributed by atoms with E-state index in [1.54, 1.807) is 0 Å². The van der Waals surface area contributed by atoms with Crippen molar-refractivity contribution in [2.75, 3.05) is 13.2 Å². The predicted octanol–water partition coefficient (Wildman–Crippen LogP) is 3.19. The van der Waals surface area contributed by atoms with Crippen molar-refractivity contribution in [1.29, 1.82) is 0 Å². The number of esters is 2. The molecule has 0 aliphatic rings. The van der Waals surface area contributed by atoms with Gasteiger partial charge in [0.25, 0.3) is 0 Å². The lowest BCUT2D eigenvalue weighted by molar-refractivity contribution is -0.150. The fourth-order valence-electron chi connectivity index (χ4n) is 1.47. The summed E-state index contributed by atoms with van der Waals surface area (Å²) in [5.41, 5.74) is -0.428. The molecule has 0 bridgehead atoms. The molecule has 0 aromatic rings. The van der Waals surface area contributed by atoms with Gasteiger partial charge in [0.2, 0.25) is 0 Å². The lowest BCUT2D eigenvalue weighted by atomic mass is 9.86. The Morgan fingerprint density at radius 2 is 1.16 bits per heavy atom. The minimum atomic E-state index is -0.428. The fourth-order valence-corrected chi connectivity index (χ4v) is 1.47. The van der Waals surface area contributed by atoms with Crippen LogP contribution in [0.25, 0.3) is 0 Å². The Labute approximate surface area is 116 Å². The van der Waals surface area contributed by atoms with E-state index >= 15 is 0 Å². The van der Waals surface area contributed by atoms with Gasteiger partial charge in [0.05, 0.1) is 26.1 Å². The van der Waals surface area contributed by atoms with Gasteiger partial charge in [-0.1, -0.05) is 41.5 Å². The van der Waals surface area contributed by atoms with Crippen molar-refractivity contribution in [2.45, 2.75) is 54.4 Å². The van der Waals surface area contributed by atoms with Crippen molar-refractivity contribution in [3.63, 3.8) is 0 Å². The van der Waals surface area contributed by atoms with Crippen molar-refractivity contribution in [3.05, 3.63) is 0 Å². The van der Waals surface area contributed by atoms with E-state index in [9.17, 15) is 9.59 Å². The van der Waals surface area contributed by atoms with Crippen molar-refractivity contribution < 1.29 is 19.1 Å². The van der Waals surface area contributed by atoms with Gasteiger partial charge in [-0.25, -0.2) is 0 Å². The first-order valence-electron chi connectivity index (χ1n) is 6.93. The molecular formula is C15H28O4. The Morgan fingerprint density at radius 3 is 1.42 bits per heavy atom. The third-order valence-electron chi connectivity index (χ3n) is 2.40. The van der Waals surface area contributed by atoms with Gasteiger partial charge in [-0.05, 0) is 17.3 Å². The van der Waals surface area contributed by atoms with Crippen LogP contribution >= 0.6 is 0 Å². The zero-order valence-electron chi connectivity index (χ0n) is 13.1. The SMILES string of the molecule is CC(C)COC(=O)CC(C)(C)CC(=O)OCC(C)C. The Bertz CT molecular complexity index is 265. The third-order valence-corrected chi connectivity index (χ3v) is 2.40. The van der Waals surface area contributed by atoms with Crippen LogP contribution in [0.3, 0.4) is 0 Å². The summed E-state index contributed by atoms with van der Waals surface area (Å²) in [7, 11) is 0. The molecule has 0 rings (SSSR count). The Kier molecular flexibility index (Phi) is 7.72. The lowest BCUT2D eigenvalue weighted by Crippen LogP contribution is -2.25. The largest absolute Gasteiger partial charge is 0.465 e. The second-order valence-corrected chi connectivity index (χ2v) is 6.67. The van der Waals surface area contributed by atoms with Crippen LogP contribution in [0.1, 0.15) is 54.4 Å². The second-order valence-electron chi connectivity index (χ2n) is 6.67. The monoisotopic (exact) mass is 272 g/mol. The molecule has 0 amide bonds. The average Bonchev–Trinajstić information content (AvgIpc) is 2.22. The van der Waals surface area contributed by atoms with Crippen LogP contribution in [0.4, 0.5) is 0 Å². The van der Waals surface area contributed by atoms with Gasteiger partial charge in [0.15, 0.2) is 0 Å². The molecule has 0 aromatic heterocycles. The molecule has 112 valence electrons. The Balaban J connectivity index is 4.09. The minimum absolute atomic E-state index is 0.233. The first-order valence-corrected chi connectivity index (χ1v) is 6.93. The summed E-state index contributed by atoms with van der Waals surface area (Å²) in [6, 6.07) is 0. The summed E-state index contributed by atoms with van der Waals surface area (Å²) >= 11 is 0. The maximum Gasteiger partial charge on any atom is 0.306 e. The van der Waals surface area contributed by atoms with E-state index in [2.05, 4.69) is 0 Å². The van der Waals surface area contributed by atoms with E-state index < -0.39 is 5.41 Å². The average molecular weight is 272 g/mol. The van der Waals surface area contributed by atoms with E-state index in [0.29, 0.717) is 25.0 Å². The van der Waals surface area contributed by atoms with E-state index in [4.69, 9.17) is 9.47 Å². The summed E-state index contributed by atoms with van der Waals surface area (Å²) in [5.74, 6) is 0.136. The van der Waals surface area contributed by atoms with Crippen molar-refractivity contribution in [1.82, 2.24) is 0 Å². The third kappa shape index (κ3) is 10.5. The number of ether oxygens (including phenoxy) is 2. The molecule has 0 spiro atoms. The number of carbonyl (C=O) groups is 2. The summed E-state index contributed by atoms with van der Waals surface area (Å²) in [6.45, 7) is 12.5. The van der Waals surface area contributed by atoms with Crippen LogP contribution < -0.4 is 0 Å². The van der Waals surface area contributed by atoms with E-state index in [0.717, 1.165) is 0 Å². The zero-order chi connectivity index (χ0) is 15.1. The van der Waals surface area contributed by atoms with Gasteiger partial charge >= 0.3 is 11.9 Å². The highest BCUT2D eigenvalue weighted by Gasteiger charge is 2.27. The van der Waals surface area contributed by atoms with Crippen LogP contribution in [0, 0.1) is 17.3 Å². The highest BCUT2D eigenvalue weighted by molar-refractivity contribution is 5.74. The maximum absolute atomic E-state index is 11.6. The van der Waals surface area contributed by atoms with Gasteiger partial charge in [-0.2, -0.15) is 0 Å². The molecule has 0 unspecified atom stereocenters. The van der Waals surface area contributed by atoms with Crippen molar-refractivity contribution in [3.8, 4) is 0 Å². The van der Waals surface area contributed by atoms with Crippen molar-refractivity contribution in [2.24, 2.45) is 17.3 Å². The minimum Gasteiger partial charge on any atom is -0.465 e. The standard InChI is InChI=1S/C15H28O4/c1-11(2)9-18-13(16)7-15(5,6)8-14(17)19-10-12(3)4/h11-12H,7-10H2,1-6H3. The van der Waals surface area contributed by atoms with Gasteiger partial charge in [-0.15, -0.1) is 0 Å². The van der Waals surface area contributed by atoms with Crippen LogP contribution in [0.2, 0.25) is 0 Å². The second kappa shape index (κ2) is 8.18. The van der Waals surface area contributed by atoms with Gasteiger partial charge in [-0.3, -0.25) is 9.59 Å². The summed E-state index contributed by atoms with van der Waals surface area (Å²) < 4.78 is 10.3. The van der Waals surface area contributed by atoms with Crippen LogP contribution in [-0.4, -0.2) is 25.2 Å². The highest BCUT2D eigenvalue weighted by Crippen LogP contribution is 2.26. The summed E-state index contributed by atoms with van der Waals surface area (Å²) in [6.07, 6.45) is 0.465. The van der Waals surface area contributed by atoms with E-state index in [-0.39, 0.29) is 24.8 Å². The molecular weight excluding hydrogens is 244 g/mol. The zero-order valence-corrected chi connectivity index (χ0v) is 13.1. The molecule has 4 nitrogen and oxygen atoms in total. The van der Waals surface area contributed by atoms with Crippen molar-refractivity contribution >= 4 is 11.9 Å². The lowest BCUT2D eigenvalue weighted by Gasteiger charge is -2.22. The maximum atomic E-state index is 11.6. The smallest absolute Gasteiger partial charge is 0.306 e. The summed E-state index contributed by atoms with van der Waals surface area (Å²) in [4.78, 5) is 23.3. The normalized spacial score (nSPS) is 11.8. The molecule has 0 aliphatic heterocycles. The molecule has 0 saturated carbocycles. The number of hydrogen-bond donors (Lipinski definition) is 0. The molecule has 0 aromatic carbocycles. The topological polar surface area (TPSA) is 52.6 Å². The molecule has 0 fully saturated rings. The molecule has 0 radical (unpaired) electrons. The first-order chi connectivity index (χ1) is 8.62. The molecule has 0 aliphatic carbocycles. The number of hydrogen-bond acceptors (Lipinski definition) is 4. The van der Waals surface area contributed by atoms with E-state index in [1.165, 1.54) is 0 Å². The molecule has 4 heteroatoms. The van der Waals surface area contributed by atoms with Crippen LogP contribution in [0.5, 0.6) is 0 Å². The predicted molar refractivity (Wildman–Crippen MR) is 74.6 cm³/mol. The fraction of sp³-hybridized carbons (Fsp3) is 0.867. The van der Waals surface area contributed by atoms with E-state index in [1.807, 2.05) is 41.5 Å². The molecule has 0 N–H and O–H groups in total. The van der Waals surface area contributed by atoms with Crippen LogP contribution in [-0.2, 0) is 19.1 Å². The van der Waals surface area contributed by atoms with Crippen LogP contribution in [0.15, 0.2) is 0 Å². The quantitative estimate of drug-likeness (QED) is 0.637. The first kappa shape index (κ1) is 17.9. The molecule has 19 heavy (non-hydrogen) atoms. The van der Waals surface area contributed by atoms with Gasteiger partial charge in [0.1, 0.15) is 0 Å². The Hall–Kier alpha value is -1.06. The number of carbonyl (C=O) groups excluding carboxylic acids is 2. The molecule has 0 atom stereocenters. The molecule has 0 saturated heterocycles. The molecule has 0 heterocycles. The summed E-state index contributed by atoms with van der Waals surface area (Å²) in [5, 5.41) is 0. The van der Waals surface area contributed by atoms with Gasteiger partial charge < -0.3 is 9.47 Å². The Morgan fingerprint density at radius 1 is 0.842 bits per heavy atom.